The van der Waals surface area contributed by atoms with Crippen LogP contribution in [0.25, 0.3) is 0 Å². The van der Waals surface area contributed by atoms with Crippen LogP contribution in [0.1, 0.15) is 18.9 Å². The Morgan fingerprint density at radius 1 is 1.16 bits per heavy atom. The third-order valence-electron chi connectivity index (χ3n) is 2.63. The van der Waals surface area contributed by atoms with E-state index in [0.29, 0.717) is 13.2 Å². The summed E-state index contributed by atoms with van der Waals surface area (Å²) in [5, 5.41) is 3.38. The van der Waals surface area contributed by atoms with Gasteiger partial charge in [-0.3, -0.25) is 0 Å². The van der Waals surface area contributed by atoms with Crippen molar-refractivity contribution >= 4 is 0 Å². The second-order valence-electron chi connectivity index (χ2n) is 4.22. The Morgan fingerprint density at radius 3 is 2.84 bits per heavy atom. The van der Waals surface area contributed by atoms with E-state index in [1.807, 2.05) is 19.1 Å². The van der Waals surface area contributed by atoms with Gasteiger partial charge in [0.2, 0.25) is 0 Å². The average Bonchev–Trinajstić information content (AvgIpc) is 2.44. The summed E-state index contributed by atoms with van der Waals surface area (Å²) in [5.74, 6) is 0.899. The zero-order valence-corrected chi connectivity index (χ0v) is 12.0. The molecule has 0 aromatic heterocycles. The minimum atomic E-state index is 0.596. The Kier molecular flexibility index (Phi) is 9.06. The van der Waals surface area contributed by atoms with Gasteiger partial charge >= 0.3 is 0 Å². The van der Waals surface area contributed by atoms with Crippen LogP contribution in [0.4, 0.5) is 0 Å². The molecule has 0 aliphatic heterocycles. The van der Waals surface area contributed by atoms with Gasteiger partial charge in [-0.1, -0.05) is 12.1 Å². The van der Waals surface area contributed by atoms with Gasteiger partial charge in [-0.2, -0.15) is 0 Å². The van der Waals surface area contributed by atoms with Gasteiger partial charge in [0, 0.05) is 26.9 Å². The molecule has 19 heavy (non-hydrogen) atoms. The van der Waals surface area contributed by atoms with E-state index in [9.17, 15) is 0 Å². The molecular formula is C15H25NO3. The zero-order valence-electron chi connectivity index (χ0n) is 12.0. The molecule has 1 N–H and O–H groups in total. The first kappa shape index (κ1) is 16.0. The van der Waals surface area contributed by atoms with Gasteiger partial charge in [0.15, 0.2) is 0 Å². The third-order valence-corrected chi connectivity index (χ3v) is 2.63. The lowest BCUT2D eigenvalue weighted by Gasteiger charge is -2.09. The van der Waals surface area contributed by atoms with Crippen molar-refractivity contribution in [3.8, 4) is 5.75 Å². The predicted molar refractivity (Wildman–Crippen MR) is 76.6 cm³/mol. The Hall–Kier alpha value is -1.10. The molecule has 0 saturated carbocycles. The van der Waals surface area contributed by atoms with Crippen molar-refractivity contribution < 1.29 is 14.2 Å². The summed E-state index contributed by atoms with van der Waals surface area (Å²) in [7, 11) is 1.73. The van der Waals surface area contributed by atoms with Gasteiger partial charge in [0.25, 0.3) is 0 Å². The smallest absolute Gasteiger partial charge is 0.119 e. The highest BCUT2D eigenvalue weighted by atomic mass is 16.5. The molecule has 0 spiro atoms. The second-order valence-corrected chi connectivity index (χ2v) is 4.22. The number of methoxy groups -OCH3 is 1. The van der Waals surface area contributed by atoms with Crippen LogP contribution in [0.5, 0.6) is 5.75 Å². The zero-order chi connectivity index (χ0) is 13.8. The molecular weight excluding hydrogens is 242 g/mol. The molecule has 1 rings (SSSR count). The van der Waals surface area contributed by atoms with Crippen LogP contribution in [-0.4, -0.2) is 40.1 Å². The van der Waals surface area contributed by atoms with Gasteiger partial charge in [-0.05, 0) is 37.6 Å². The second kappa shape index (κ2) is 10.8. The quantitative estimate of drug-likeness (QED) is 0.624. The fraction of sp³-hybridized carbons (Fsp3) is 0.600. The largest absolute Gasteiger partial charge is 0.491 e. The summed E-state index contributed by atoms with van der Waals surface area (Å²) in [6, 6.07) is 8.15. The SMILES string of the molecule is CCOCCOc1cccc(CNCCCOC)c1. The van der Waals surface area contributed by atoms with Crippen molar-refractivity contribution in [2.45, 2.75) is 19.9 Å². The van der Waals surface area contributed by atoms with E-state index in [1.165, 1.54) is 5.56 Å². The molecule has 0 saturated heterocycles. The Labute approximate surface area is 116 Å². The molecule has 108 valence electrons. The molecule has 0 aliphatic rings. The lowest BCUT2D eigenvalue weighted by atomic mass is 10.2. The van der Waals surface area contributed by atoms with Gasteiger partial charge in [-0.15, -0.1) is 0 Å². The van der Waals surface area contributed by atoms with Gasteiger partial charge in [0.1, 0.15) is 12.4 Å². The number of hydrogen-bond acceptors (Lipinski definition) is 4. The summed E-state index contributed by atoms with van der Waals surface area (Å²) in [6.07, 6.45) is 1.03. The minimum Gasteiger partial charge on any atom is -0.491 e. The van der Waals surface area contributed by atoms with Crippen LogP contribution in [0.2, 0.25) is 0 Å². The molecule has 0 unspecified atom stereocenters. The number of hydrogen-bond donors (Lipinski definition) is 1. The highest BCUT2D eigenvalue weighted by Gasteiger charge is 1.97. The highest BCUT2D eigenvalue weighted by Crippen LogP contribution is 2.13. The summed E-state index contributed by atoms with van der Waals surface area (Å²) in [4.78, 5) is 0. The normalized spacial score (nSPS) is 10.6. The van der Waals surface area contributed by atoms with Crippen molar-refractivity contribution in [2.24, 2.45) is 0 Å². The molecule has 0 radical (unpaired) electrons. The minimum absolute atomic E-state index is 0.596. The van der Waals surface area contributed by atoms with E-state index < -0.39 is 0 Å². The van der Waals surface area contributed by atoms with Crippen LogP contribution in [0.3, 0.4) is 0 Å². The van der Waals surface area contributed by atoms with Gasteiger partial charge in [-0.25, -0.2) is 0 Å². The maximum atomic E-state index is 5.62. The number of ether oxygens (including phenoxy) is 3. The van der Waals surface area contributed by atoms with Crippen LogP contribution in [-0.2, 0) is 16.0 Å². The third kappa shape index (κ3) is 7.82. The van der Waals surface area contributed by atoms with E-state index in [1.54, 1.807) is 7.11 Å². The first-order valence-corrected chi connectivity index (χ1v) is 6.86. The molecule has 1 aromatic carbocycles. The van der Waals surface area contributed by atoms with Crippen LogP contribution in [0.15, 0.2) is 24.3 Å². The molecule has 4 heteroatoms. The molecule has 0 atom stereocenters. The van der Waals surface area contributed by atoms with E-state index in [0.717, 1.165) is 38.5 Å². The van der Waals surface area contributed by atoms with Crippen molar-refractivity contribution in [3.05, 3.63) is 29.8 Å². The Balaban J connectivity index is 2.23. The standard InChI is InChI=1S/C15H25NO3/c1-3-18-10-11-19-15-7-4-6-14(12-15)13-16-8-5-9-17-2/h4,6-7,12,16H,3,5,8-11,13H2,1-2H3. The van der Waals surface area contributed by atoms with Gasteiger partial charge < -0.3 is 19.5 Å². The molecule has 0 fully saturated rings. The van der Waals surface area contributed by atoms with Gasteiger partial charge in [0.05, 0.1) is 6.61 Å². The fourth-order valence-electron chi connectivity index (χ4n) is 1.68. The van der Waals surface area contributed by atoms with E-state index in [4.69, 9.17) is 14.2 Å². The summed E-state index contributed by atoms with van der Waals surface area (Å²) < 4.78 is 15.9. The predicted octanol–water partition coefficient (Wildman–Crippen LogP) is 2.23. The summed E-state index contributed by atoms with van der Waals surface area (Å²) in [6.45, 7) is 6.56. The summed E-state index contributed by atoms with van der Waals surface area (Å²) >= 11 is 0. The molecule has 4 nitrogen and oxygen atoms in total. The first-order chi connectivity index (χ1) is 9.36. The first-order valence-electron chi connectivity index (χ1n) is 6.86. The maximum absolute atomic E-state index is 5.62. The molecule has 0 aliphatic carbocycles. The topological polar surface area (TPSA) is 39.7 Å². The van der Waals surface area contributed by atoms with Crippen LogP contribution < -0.4 is 10.1 Å². The van der Waals surface area contributed by atoms with Crippen molar-refractivity contribution in [2.75, 3.05) is 40.1 Å². The lowest BCUT2D eigenvalue weighted by molar-refractivity contribution is 0.110. The monoisotopic (exact) mass is 267 g/mol. The number of benzene rings is 1. The maximum Gasteiger partial charge on any atom is 0.119 e. The molecule has 0 bridgehead atoms. The van der Waals surface area contributed by atoms with Crippen molar-refractivity contribution in [3.63, 3.8) is 0 Å². The summed E-state index contributed by atoms with van der Waals surface area (Å²) in [5.41, 5.74) is 1.23. The molecule has 0 amide bonds. The average molecular weight is 267 g/mol. The van der Waals surface area contributed by atoms with E-state index >= 15 is 0 Å². The van der Waals surface area contributed by atoms with Crippen molar-refractivity contribution in [1.29, 1.82) is 0 Å². The van der Waals surface area contributed by atoms with Crippen molar-refractivity contribution in [1.82, 2.24) is 5.32 Å². The fourth-order valence-corrected chi connectivity index (χ4v) is 1.68. The lowest BCUT2D eigenvalue weighted by Crippen LogP contribution is -2.16. The molecule has 1 aromatic rings. The van der Waals surface area contributed by atoms with Crippen LogP contribution >= 0.6 is 0 Å². The number of nitrogens with one attached hydrogen (secondary N) is 1. The Bertz CT molecular complexity index is 331. The van der Waals surface area contributed by atoms with Crippen LogP contribution in [0, 0.1) is 0 Å². The highest BCUT2D eigenvalue weighted by molar-refractivity contribution is 5.28. The van der Waals surface area contributed by atoms with E-state index in [2.05, 4.69) is 17.4 Å². The number of rotatable bonds is 11. The van der Waals surface area contributed by atoms with E-state index in [-0.39, 0.29) is 0 Å². The molecule has 0 heterocycles. The Morgan fingerprint density at radius 2 is 2.05 bits per heavy atom.